The number of alkyl carbamates (subject to hydrolysis) is 1. The number of hydrogen-bond acceptors (Lipinski definition) is 6. The van der Waals surface area contributed by atoms with Gasteiger partial charge in [-0.2, -0.15) is 0 Å². The molecule has 0 bridgehead atoms. The lowest BCUT2D eigenvalue weighted by molar-refractivity contribution is 0.0493. The van der Waals surface area contributed by atoms with Gasteiger partial charge < -0.3 is 24.3 Å². The molecular weight excluding hydrogens is 360 g/mol. The lowest BCUT2D eigenvalue weighted by Gasteiger charge is -2.36. The average Bonchev–Trinajstić information content (AvgIpc) is 3.11. The van der Waals surface area contributed by atoms with E-state index in [1.807, 2.05) is 39.0 Å². The maximum Gasteiger partial charge on any atom is 0.407 e. The molecular formula is C21H32N2O5. The number of carbonyl (C=O) groups is 1. The number of nitrogens with one attached hydrogen (secondary N) is 1. The largest absolute Gasteiger partial charge is 0.493 e. The number of ether oxygens (including phenoxy) is 4. The highest BCUT2D eigenvalue weighted by Crippen LogP contribution is 2.35. The highest BCUT2D eigenvalue weighted by molar-refractivity contribution is 5.67. The summed E-state index contributed by atoms with van der Waals surface area (Å²) in [6.07, 6.45) is 4.08. The minimum absolute atomic E-state index is 0.270. The predicted octanol–water partition coefficient (Wildman–Crippen LogP) is 3.56. The molecule has 0 spiro atoms. The van der Waals surface area contributed by atoms with E-state index in [-0.39, 0.29) is 12.9 Å². The van der Waals surface area contributed by atoms with Crippen LogP contribution in [0.5, 0.6) is 17.2 Å². The quantitative estimate of drug-likeness (QED) is 0.716. The maximum absolute atomic E-state index is 11.9. The molecule has 1 saturated heterocycles. The first-order chi connectivity index (χ1) is 13.4. The van der Waals surface area contributed by atoms with Crippen molar-refractivity contribution in [3.8, 4) is 17.2 Å². The monoisotopic (exact) mass is 392 g/mol. The zero-order valence-electron chi connectivity index (χ0n) is 17.2. The molecule has 1 amide bonds. The van der Waals surface area contributed by atoms with Crippen molar-refractivity contribution in [2.24, 2.45) is 0 Å². The van der Waals surface area contributed by atoms with Gasteiger partial charge in [-0.15, -0.1) is 0 Å². The van der Waals surface area contributed by atoms with Gasteiger partial charge in [-0.05, 0) is 58.7 Å². The third kappa shape index (κ3) is 6.19. The molecule has 1 fully saturated rings. The molecule has 0 aliphatic carbocycles. The summed E-state index contributed by atoms with van der Waals surface area (Å²) in [5.41, 5.74) is -0.470. The van der Waals surface area contributed by atoms with Crippen molar-refractivity contribution < 1.29 is 23.7 Å². The van der Waals surface area contributed by atoms with Gasteiger partial charge in [0, 0.05) is 25.2 Å². The Morgan fingerprint density at radius 3 is 2.89 bits per heavy atom. The first kappa shape index (κ1) is 20.6. The summed E-state index contributed by atoms with van der Waals surface area (Å²) >= 11 is 0. The lowest BCUT2D eigenvalue weighted by Crippen LogP contribution is -2.47. The van der Waals surface area contributed by atoms with Crippen LogP contribution in [0.25, 0.3) is 0 Å². The molecule has 0 radical (unpaired) electrons. The maximum atomic E-state index is 11.9. The standard InChI is InChI=1S/C21H32N2O5/c1-21(2,3)28-20(24)22-14-16-7-4-5-10-23(16)11-6-12-25-17-8-9-18-19(13-17)27-15-26-18/h8-9,13,16H,4-7,10-12,14-15H2,1-3H3,(H,22,24)/t16-/m0/s1. The molecule has 3 rings (SSSR count). The van der Waals surface area contributed by atoms with Gasteiger partial charge in [0.25, 0.3) is 0 Å². The molecule has 156 valence electrons. The summed E-state index contributed by atoms with van der Waals surface area (Å²) in [5.74, 6) is 2.30. The van der Waals surface area contributed by atoms with E-state index in [2.05, 4.69) is 10.2 Å². The van der Waals surface area contributed by atoms with Crippen LogP contribution in [0.1, 0.15) is 46.5 Å². The molecule has 7 nitrogen and oxygen atoms in total. The van der Waals surface area contributed by atoms with Crippen LogP contribution in [-0.2, 0) is 4.74 Å². The fourth-order valence-electron chi connectivity index (χ4n) is 3.53. The van der Waals surface area contributed by atoms with Gasteiger partial charge in [-0.1, -0.05) is 6.42 Å². The second kappa shape index (κ2) is 9.37. The van der Waals surface area contributed by atoms with E-state index in [4.69, 9.17) is 18.9 Å². The number of nitrogens with zero attached hydrogens (tertiary/aromatic N) is 1. The highest BCUT2D eigenvalue weighted by Gasteiger charge is 2.24. The van der Waals surface area contributed by atoms with E-state index < -0.39 is 5.60 Å². The molecule has 2 heterocycles. The Labute approximate surface area is 167 Å². The molecule has 0 aromatic heterocycles. The number of piperidine rings is 1. The van der Waals surface area contributed by atoms with Crippen molar-refractivity contribution in [3.63, 3.8) is 0 Å². The molecule has 1 N–H and O–H groups in total. The summed E-state index contributed by atoms with van der Waals surface area (Å²) in [6.45, 7) is 9.17. The van der Waals surface area contributed by atoms with Crippen molar-refractivity contribution in [1.82, 2.24) is 10.2 Å². The summed E-state index contributed by atoms with van der Waals surface area (Å²) in [5, 5.41) is 2.92. The zero-order chi connectivity index (χ0) is 20.0. The van der Waals surface area contributed by atoms with Crippen LogP contribution in [0, 0.1) is 0 Å². The lowest BCUT2D eigenvalue weighted by atomic mass is 10.0. The van der Waals surface area contributed by atoms with Gasteiger partial charge in [0.15, 0.2) is 11.5 Å². The predicted molar refractivity (Wildman–Crippen MR) is 106 cm³/mol. The fraction of sp³-hybridized carbons (Fsp3) is 0.667. The Balaban J connectivity index is 1.39. The topological polar surface area (TPSA) is 69.3 Å². The molecule has 1 atom stereocenters. The number of hydrogen-bond donors (Lipinski definition) is 1. The number of fused-ring (bicyclic) bond motifs is 1. The van der Waals surface area contributed by atoms with Crippen molar-refractivity contribution in [3.05, 3.63) is 18.2 Å². The molecule has 1 aromatic carbocycles. The van der Waals surface area contributed by atoms with Crippen LogP contribution in [0.3, 0.4) is 0 Å². The normalized spacial score (nSPS) is 19.3. The van der Waals surface area contributed by atoms with Crippen LogP contribution < -0.4 is 19.5 Å². The SMILES string of the molecule is CC(C)(C)OC(=O)NC[C@@H]1CCCCN1CCCOc1ccc2c(c1)OCO2. The van der Waals surface area contributed by atoms with Crippen LogP contribution >= 0.6 is 0 Å². The Kier molecular flexibility index (Phi) is 6.88. The van der Waals surface area contributed by atoms with E-state index in [9.17, 15) is 4.79 Å². The van der Waals surface area contributed by atoms with Crippen LogP contribution in [-0.4, -0.2) is 55.7 Å². The number of likely N-dealkylation sites (tertiary alicyclic amines) is 1. The van der Waals surface area contributed by atoms with Gasteiger partial charge in [0.2, 0.25) is 6.79 Å². The van der Waals surface area contributed by atoms with Crippen LogP contribution in [0.4, 0.5) is 4.79 Å². The highest BCUT2D eigenvalue weighted by atomic mass is 16.7. The summed E-state index contributed by atoms with van der Waals surface area (Å²) < 4.78 is 21.9. The van der Waals surface area contributed by atoms with E-state index in [0.717, 1.165) is 43.2 Å². The second-order valence-electron chi connectivity index (χ2n) is 8.29. The summed E-state index contributed by atoms with van der Waals surface area (Å²) in [7, 11) is 0. The molecule has 2 aliphatic rings. The Morgan fingerprint density at radius 1 is 1.25 bits per heavy atom. The molecule has 28 heavy (non-hydrogen) atoms. The minimum atomic E-state index is -0.470. The summed E-state index contributed by atoms with van der Waals surface area (Å²) in [4.78, 5) is 14.4. The molecule has 0 unspecified atom stereocenters. The van der Waals surface area contributed by atoms with Crippen molar-refractivity contribution >= 4 is 6.09 Å². The van der Waals surface area contributed by atoms with Gasteiger partial charge in [0.05, 0.1) is 6.61 Å². The average molecular weight is 392 g/mol. The third-order valence-electron chi connectivity index (χ3n) is 4.83. The number of carbonyl (C=O) groups excluding carboxylic acids is 1. The smallest absolute Gasteiger partial charge is 0.407 e. The Morgan fingerprint density at radius 2 is 2.07 bits per heavy atom. The van der Waals surface area contributed by atoms with E-state index in [1.54, 1.807) is 0 Å². The molecule has 1 aromatic rings. The second-order valence-corrected chi connectivity index (χ2v) is 8.29. The molecule has 2 aliphatic heterocycles. The molecule has 7 heteroatoms. The van der Waals surface area contributed by atoms with Crippen LogP contribution in [0.2, 0.25) is 0 Å². The number of rotatable bonds is 7. The van der Waals surface area contributed by atoms with Gasteiger partial charge >= 0.3 is 6.09 Å². The Hall–Kier alpha value is -2.15. The number of benzene rings is 1. The van der Waals surface area contributed by atoms with E-state index >= 15 is 0 Å². The minimum Gasteiger partial charge on any atom is -0.493 e. The molecule has 0 saturated carbocycles. The van der Waals surface area contributed by atoms with Crippen LogP contribution in [0.15, 0.2) is 18.2 Å². The first-order valence-corrected chi connectivity index (χ1v) is 10.1. The van der Waals surface area contributed by atoms with Gasteiger partial charge in [0.1, 0.15) is 11.4 Å². The van der Waals surface area contributed by atoms with Gasteiger partial charge in [-0.3, -0.25) is 4.90 Å². The van der Waals surface area contributed by atoms with E-state index in [1.165, 1.54) is 12.8 Å². The van der Waals surface area contributed by atoms with Crippen molar-refractivity contribution in [2.75, 3.05) is 33.0 Å². The first-order valence-electron chi connectivity index (χ1n) is 10.1. The van der Waals surface area contributed by atoms with Crippen molar-refractivity contribution in [2.45, 2.75) is 58.1 Å². The number of amides is 1. The third-order valence-corrected chi connectivity index (χ3v) is 4.83. The summed E-state index contributed by atoms with van der Waals surface area (Å²) in [6, 6.07) is 6.01. The van der Waals surface area contributed by atoms with Gasteiger partial charge in [-0.25, -0.2) is 4.79 Å². The Bertz CT molecular complexity index is 659. The van der Waals surface area contributed by atoms with Crippen molar-refractivity contribution in [1.29, 1.82) is 0 Å². The fourth-order valence-corrected chi connectivity index (χ4v) is 3.53. The zero-order valence-corrected chi connectivity index (χ0v) is 17.2. The van der Waals surface area contributed by atoms with E-state index in [0.29, 0.717) is 19.2 Å².